The van der Waals surface area contributed by atoms with Crippen molar-refractivity contribution in [2.45, 2.75) is 12.5 Å². The second kappa shape index (κ2) is 6.37. The van der Waals surface area contributed by atoms with Gasteiger partial charge in [0.2, 0.25) is 0 Å². The first kappa shape index (κ1) is 17.5. The number of hydrogen-bond acceptors (Lipinski definition) is 6. The molecule has 0 amide bonds. The van der Waals surface area contributed by atoms with E-state index in [-0.39, 0.29) is 35.7 Å². The van der Waals surface area contributed by atoms with Crippen molar-refractivity contribution in [3.8, 4) is 11.3 Å². The first-order valence-corrected chi connectivity index (χ1v) is 11.1. The topological polar surface area (TPSA) is 94.3 Å². The minimum Gasteiger partial charge on any atom is -0.510 e. The van der Waals surface area contributed by atoms with E-state index < -0.39 is 9.84 Å². The molecule has 4 rings (SSSR count). The maximum atomic E-state index is 11.7. The predicted molar refractivity (Wildman–Crippen MR) is 104 cm³/mol. The Morgan fingerprint density at radius 1 is 1.31 bits per heavy atom. The Morgan fingerprint density at radius 3 is 2.69 bits per heavy atom. The molecular formula is C17H16ClN3O3S2. The highest BCUT2D eigenvalue weighted by Crippen LogP contribution is 2.34. The third-order valence-corrected chi connectivity index (χ3v) is 7.50. The molecule has 0 radical (unpaired) electrons. The third-order valence-electron chi connectivity index (χ3n) is 4.64. The lowest BCUT2D eigenvalue weighted by Crippen LogP contribution is -2.38. The van der Waals surface area contributed by atoms with Crippen LogP contribution in [0.25, 0.3) is 16.8 Å². The Labute approximate surface area is 160 Å². The number of nitrogens with one attached hydrogen (secondary N) is 1. The molecule has 0 spiro atoms. The first-order chi connectivity index (χ1) is 12.3. The number of amidine groups is 1. The van der Waals surface area contributed by atoms with Gasteiger partial charge in [0.05, 0.1) is 29.3 Å². The van der Waals surface area contributed by atoms with Gasteiger partial charge in [0.1, 0.15) is 16.6 Å². The van der Waals surface area contributed by atoms with Crippen molar-refractivity contribution in [2.24, 2.45) is 0 Å². The third kappa shape index (κ3) is 3.13. The van der Waals surface area contributed by atoms with Crippen LogP contribution < -0.4 is 0 Å². The second-order valence-corrected chi connectivity index (χ2v) is 9.92. The molecule has 2 aromatic rings. The van der Waals surface area contributed by atoms with Gasteiger partial charge in [-0.3, -0.25) is 5.41 Å². The lowest BCUT2D eigenvalue weighted by molar-refractivity contribution is 0.309. The summed E-state index contributed by atoms with van der Waals surface area (Å²) in [4.78, 5) is 6.22. The molecule has 26 heavy (non-hydrogen) atoms. The normalized spacial score (nSPS) is 22.4. The quantitative estimate of drug-likeness (QED) is 0.811. The Balaban J connectivity index is 1.59. The molecule has 2 aliphatic heterocycles. The number of aliphatic hydroxyl groups excluding tert-OH is 1. The van der Waals surface area contributed by atoms with Crippen LogP contribution in [0.2, 0.25) is 5.02 Å². The molecule has 6 nitrogen and oxygen atoms in total. The lowest BCUT2D eigenvalue weighted by Gasteiger charge is -2.24. The van der Waals surface area contributed by atoms with Crippen LogP contribution >= 0.6 is 22.9 Å². The maximum absolute atomic E-state index is 11.7. The molecule has 9 heteroatoms. The van der Waals surface area contributed by atoms with Crippen LogP contribution in [0, 0.1) is 5.41 Å². The van der Waals surface area contributed by atoms with E-state index in [1.807, 2.05) is 17.5 Å². The summed E-state index contributed by atoms with van der Waals surface area (Å²) < 4.78 is 23.5. The van der Waals surface area contributed by atoms with Crippen LogP contribution in [-0.4, -0.2) is 53.3 Å². The van der Waals surface area contributed by atoms with Crippen LogP contribution in [-0.2, 0) is 9.84 Å². The molecule has 0 unspecified atom stereocenters. The molecule has 0 aliphatic carbocycles. The molecule has 0 saturated carbocycles. The summed E-state index contributed by atoms with van der Waals surface area (Å²) in [7, 11) is -3.05. The van der Waals surface area contributed by atoms with E-state index in [4.69, 9.17) is 17.0 Å². The molecule has 2 N–H and O–H groups in total. The predicted octanol–water partition coefficient (Wildman–Crippen LogP) is 3.21. The summed E-state index contributed by atoms with van der Waals surface area (Å²) in [5, 5.41) is 21.9. The Morgan fingerprint density at radius 2 is 2.04 bits per heavy atom. The van der Waals surface area contributed by atoms with E-state index in [9.17, 15) is 13.5 Å². The molecular weight excluding hydrogens is 394 g/mol. The van der Waals surface area contributed by atoms with Crippen molar-refractivity contribution >= 4 is 44.2 Å². The van der Waals surface area contributed by atoms with Crippen molar-refractivity contribution < 1.29 is 13.5 Å². The van der Waals surface area contributed by atoms with Crippen molar-refractivity contribution in [1.82, 2.24) is 9.88 Å². The Kier molecular flexibility index (Phi) is 4.29. The maximum Gasteiger partial charge on any atom is 0.152 e. The molecule has 3 heterocycles. The standard InChI is InChI=1S/C17H16ClN3O3S2/c18-11-3-1-10(2-4-11)13-8-25-17(20-13)15-14(22)7-21(16(15)19)12-5-6-26(23,24)9-12/h1-4,8,12,19,22H,5-7,9H2/t12-/m0/s1. The van der Waals surface area contributed by atoms with Crippen LogP contribution in [0.15, 0.2) is 35.4 Å². The highest BCUT2D eigenvalue weighted by atomic mass is 35.5. The molecule has 1 atom stereocenters. The van der Waals surface area contributed by atoms with Gasteiger partial charge in [0, 0.05) is 22.0 Å². The largest absolute Gasteiger partial charge is 0.510 e. The summed E-state index contributed by atoms with van der Waals surface area (Å²) in [6, 6.07) is 7.04. The van der Waals surface area contributed by atoms with Gasteiger partial charge in [-0.25, -0.2) is 13.4 Å². The van der Waals surface area contributed by atoms with Gasteiger partial charge in [0.15, 0.2) is 9.84 Å². The van der Waals surface area contributed by atoms with Crippen molar-refractivity contribution in [1.29, 1.82) is 5.41 Å². The smallest absolute Gasteiger partial charge is 0.152 e. The molecule has 2 aliphatic rings. The average Bonchev–Trinajstić information content (AvgIpc) is 3.26. The van der Waals surface area contributed by atoms with Gasteiger partial charge in [-0.05, 0) is 18.6 Å². The van der Waals surface area contributed by atoms with Crippen LogP contribution in [0.4, 0.5) is 0 Å². The summed E-state index contributed by atoms with van der Waals surface area (Å²) in [6.45, 7) is 0.157. The summed E-state index contributed by atoms with van der Waals surface area (Å²) in [5.74, 6) is 0.372. The van der Waals surface area contributed by atoms with Gasteiger partial charge in [0.25, 0.3) is 0 Å². The number of sulfone groups is 1. The van der Waals surface area contributed by atoms with Gasteiger partial charge < -0.3 is 10.0 Å². The average molecular weight is 410 g/mol. The van der Waals surface area contributed by atoms with Crippen LogP contribution in [0.3, 0.4) is 0 Å². The van der Waals surface area contributed by atoms with E-state index >= 15 is 0 Å². The van der Waals surface area contributed by atoms with E-state index in [2.05, 4.69) is 4.98 Å². The second-order valence-electron chi connectivity index (χ2n) is 6.40. The van der Waals surface area contributed by atoms with Gasteiger partial charge in [-0.2, -0.15) is 0 Å². The Hall–Kier alpha value is -1.90. The molecule has 1 fully saturated rings. The van der Waals surface area contributed by atoms with Crippen molar-refractivity contribution in [3.05, 3.63) is 45.4 Å². The highest BCUT2D eigenvalue weighted by Gasteiger charge is 2.39. The SMILES string of the molecule is N=C1C(c2nc(-c3ccc(Cl)cc3)cs2)=C(O)CN1[C@H]1CCS(=O)(=O)C1. The summed E-state index contributed by atoms with van der Waals surface area (Å²) in [5.41, 5.74) is 2.04. The monoisotopic (exact) mass is 409 g/mol. The highest BCUT2D eigenvalue weighted by molar-refractivity contribution is 7.91. The number of benzene rings is 1. The van der Waals surface area contributed by atoms with Gasteiger partial charge >= 0.3 is 0 Å². The van der Waals surface area contributed by atoms with Gasteiger partial charge in [-0.1, -0.05) is 23.7 Å². The van der Waals surface area contributed by atoms with Crippen molar-refractivity contribution in [2.75, 3.05) is 18.1 Å². The van der Waals surface area contributed by atoms with Crippen molar-refractivity contribution in [3.63, 3.8) is 0 Å². The molecule has 136 valence electrons. The van der Waals surface area contributed by atoms with E-state index in [1.165, 1.54) is 11.3 Å². The number of nitrogens with zero attached hydrogens (tertiary/aromatic N) is 2. The van der Waals surface area contributed by atoms with E-state index in [0.29, 0.717) is 22.0 Å². The number of rotatable bonds is 3. The Bertz CT molecular complexity index is 1010. The molecule has 1 aromatic carbocycles. The zero-order valence-electron chi connectivity index (χ0n) is 13.6. The molecule has 1 saturated heterocycles. The van der Waals surface area contributed by atoms with Crippen LogP contribution in [0.1, 0.15) is 11.4 Å². The van der Waals surface area contributed by atoms with Gasteiger partial charge in [-0.15, -0.1) is 11.3 Å². The zero-order chi connectivity index (χ0) is 18.5. The van der Waals surface area contributed by atoms with E-state index in [0.717, 1.165) is 11.3 Å². The van der Waals surface area contributed by atoms with E-state index in [1.54, 1.807) is 17.0 Å². The van der Waals surface area contributed by atoms with Crippen LogP contribution in [0.5, 0.6) is 0 Å². The number of thiazole rings is 1. The minimum atomic E-state index is -3.05. The molecule has 1 aromatic heterocycles. The number of aliphatic hydroxyl groups is 1. The summed E-state index contributed by atoms with van der Waals surface area (Å²) in [6.07, 6.45) is 0.485. The number of hydrogen-bond donors (Lipinski definition) is 2. The fourth-order valence-corrected chi connectivity index (χ4v) is 6.05. The first-order valence-electron chi connectivity index (χ1n) is 8.04. The fraction of sp³-hybridized carbons (Fsp3) is 0.294. The zero-order valence-corrected chi connectivity index (χ0v) is 16.0. The number of aromatic nitrogens is 1. The molecule has 0 bridgehead atoms. The number of halogens is 1. The minimum absolute atomic E-state index is 0.0316. The fourth-order valence-electron chi connectivity index (χ4n) is 3.30. The summed E-state index contributed by atoms with van der Waals surface area (Å²) >= 11 is 7.26. The lowest BCUT2D eigenvalue weighted by atomic mass is 10.2.